The van der Waals surface area contributed by atoms with Crippen LogP contribution in [0.4, 0.5) is 0 Å². The molecule has 4 nitrogen and oxygen atoms in total. The van der Waals surface area contributed by atoms with Gasteiger partial charge in [-0.2, -0.15) is 10.4 Å². The Morgan fingerprint density at radius 2 is 2.00 bits per heavy atom. The Labute approximate surface area is 36.7 Å². The average Bonchev–Trinajstić information content (AvgIpc) is 1.61. The van der Waals surface area contributed by atoms with Crippen LogP contribution in [0.2, 0.25) is 0 Å². The lowest BCUT2D eigenvalue weighted by molar-refractivity contribution is -0.0457. The van der Waals surface area contributed by atoms with Crippen molar-refractivity contribution in [2.45, 2.75) is 0 Å². The molecule has 0 aliphatic carbocycles. The predicted molar refractivity (Wildman–Crippen MR) is 22.3 cm³/mol. The summed E-state index contributed by atoms with van der Waals surface area (Å²) in [6.07, 6.45) is 0. The van der Waals surface area contributed by atoms with Crippen molar-refractivity contribution in [3.63, 3.8) is 0 Å². The Hall–Kier alpha value is -0.160. The van der Waals surface area contributed by atoms with Gasteiger partial charge in [-0.05, 0) is 0 Å². The van der Waals surface area contributed by atoms with Gasteiger partial charge in [-0.25, -0.2) is 5.43 Å². The lowest BCUT2D eigenvalue weighted by atomic mass is 11.5. The predicted octanol–water partition coefficient (Wildman–Crippen LogP) is -1.22. The van der Waals surface area contributed by atoms with Gasteiger partial charge in [0.15, 0.2) is 0 Å². The van der Waals surface area contributed by atoms with Crippen molar-refractivity contribution >= 4 is 0 Å². The first-order valence-electron chi connectivity index (χ1n) is 1.66. The minimum absolute atomic E-state index is 1.66. The molecule has 4 heteroatoms. The summed E-state index contributed by atoms with van der Waals surface area (Å²) in [6.45, 7) is 0. The average molecular weight is 91.1 g/mol. The highest BCUT2D eigenvalue weighted by atomic mass is 16.8. The summed E-state index contributed by atoms with van der Waals surface area (Å²) in [5.74, 6) is 0. The number of nitrogens with one attached hydrogen (secondary N) is 3. The van der Waals surface area contributed by atoms with Crippen LogP contribution in [-0.2, 0) is 4.94 Å². The monoisotopic (exact) mass is 91.1 g/mol. The first-order chi connectivity index (χ1) is 2.91. The molecule has 0 fully saturated rings. The van der Waals surface area contributed by atoms with E-state index in [1.165, 1.54) is 0 Å². The fourth-order valence-electron chi connectivity index (χ4n) is 0.102. The van der Waals surface area contributed by atoms with Crippen molar-refractivity contribution in [3.8, 4) is 0 Å². The Morgan fingerprint density at radius 1 is 1.33 bits per heavy atom. The third kappa shape index (κ3) is 3.84. The van der Waals surface area contributed by atoms with E-state index < -0.39 is 0 Å². The molecule has 38 valence electrons. The molecule has 0 aliphatic heterocycles. The summed E-state index contributed by atoms with van der Waals surface area (Å²) in [4.78, 5) is 4.37. The first-order valence-corrected chi connectivity index (χ1v) is 1.66. The SMILES string of the molecule is CNNONC. The number of hydroxylamine groups is 1. The van der Waals surface area contributed by atoms with Gasteiger partial charge in [0.1, 0.15) is 0 Å². The van der Waals surface area contributed by atoms with Crippen LogP contribution >= 0.6 is 0 Å². The Kier molecular flexibility index (Phi) is 4.71. The molecule has 0 radical (unpaired) electrons. The molecule has 3 N–H and O–H groups in total. The van der Waals surface area contributed by atoms with E-state index in [4.69, 9.17) is 0 Å². The van der Waals surface area contributed by atoms with Crippen LogP contribution < -0.4 is 16.5 Å². The van der Waals surface area contributed by atoms with Gasteiger partial charge in [0.25, 0.3) is 0 Å². The lowest BCUT2D eigenvalue weighted by Crippen LogP contribution is -2.32. The summed E-state index contributed by atoms with van der Waals surface area (Å²) in [5.41, 5.74) is 7.27. The minimum Gasteiger partial charge on any atom is -0.236 e. The van der Waals surface area contributed by atoms with E-state index >= 15 is 0 Å². The molecular weight excluding hydrogens is 82.0 g/mol. The fourth-order valence-corrected chi connectivity index (χ4v) is 0.102. The molecule has 0 heterocycles. The number of hydrogen-bond acceptors (Lipinski definition) is 4. The van der Waals surface area contributed by atoms with Gasteiger partial charge in [-0.1, -0.05) is 0 Å². The zero-order chi connectivity index (χ0) is 4.83. The lowest BCUT2D eigenvalue weighted by Gasteiger charge is -1.96. The molecule has 0 rings (SSSR count). The second kappa shape index (κ2) is 4.84. The summed E-state index contributed by atoms with van der Waals surface area (Å²) in [6, 6.07) is 0. The highest BCUT2D eigenvalue weighted by Crippen LogP contribution is 1.36. The van der Waals surface area contributed by atoms with Crippen LogP contribution in [0.3, 0.4) is 0 Å². The molecule has 0 saturated carbocycles. The van der Waals surface area contributed by atoms with Gasteiger partial charge in [0, 0.05) is 14.1 Å². The molecule has 0 bridgehead atoms. The van der Waals surface area contributed by atoms with Crippen LogP contribution in [0, 0.1) is 0 Å². The van der Waals surface area contributed by atoms with Crippen molar-refractivity contribution in [2.75, 3.05) is 14.1 Å². The van der Waals surface area contributed by atoms with Crippen molar-refractivity contribution in [1.82, 2.24) is 16.5 Å². The third-order valence-electron chi connectivity index (χ3n) is 0.255. The van der Waals surface area contributed by atoms with Crippen molar-refractivity contribution in [1.29, 1.82) is 0 Å². The smallest absolute Gasteiger partial charge is 0.0115 e. The third-order valence-corrected chi connectivity index (χ3v) is 0.255. The normalized spacial score (nSPS) is 9.00. The van der Waals surface area contributed by atoms with Crippen molar-refractivity contribution in [2.24, 2.45) is 0 Å². The highest BCUT2D eigenvalue weighted by molar-refractivity contribution is 3.91. The largest absolute Gasteiger partial charge is 0.236 e. The Morgan fingerprint density at radius 3 is 2.17 bits per heavy atom. The molecule has 0 spiro atoms. The van der Waals surface area contributed by atoms with Gasteiger partial charge >= 0.3 is 0 Å². The molecule has 0 saturated heterocycles. The van der Waals surface area contributed by atoms with Crippen LogP contribution in [0.25, 0.3) is 0 Å². The maximum atomic E-state index is 4.37. The number of rotatable bonds is 3. The van der Waals surface area contributed by atoms with Crippen LogP contribution in [0.1, 0.15) is 0 Å². The molecular formula is C2H9N3O. The Bertz CT molecular complexity index is 20.8. The zero-order valence-corrected chi connectivity index (χ0v) is 3.91. The molecule has 6 heavy (non-hydrogen) atoms. The van der Waals surface area contributed by atoms with E-state index in [9.17, 15) is 0 Å². The Balaban J connectivity index is 2.34. The second-order valence-corrected chi connectivity index (χ2v) is 0.658. The second-order valence-electron chi connectivity index (χ2n) is 0.658. The molecule has 0 aromatic rings. The molecule has 0 aromatic carbocycles. The maximum absolute atomic E-state index is 4.37. The van der Waals surface area contributed by atoms with E-state index in [0.29, 0.717) is 0 Å². The van der Waals surface area contributed by atoms with E-state index in [1.807, 2.05) is 0 Å². The van der Waals surface area contributed by atoms with Crippen LogP contribution in [0.5, 0.6) is 0 Å². The van der Waals surface area contributed by atoms with Crippen molar-refractivity contribution < 1.29 is 4.94 Å². The summed E-state index contributed by atoms with van der Waals surface area (Å²) >= 11 is 0. The zero-order valence-electron chi connectivity index (χ0n) is 3.91. The van der Waals surface area contributed by atoms with Gasteiger partial charge < -0.3 is 0 Å². The van der Waals surface area contributed by atoms with Crippen molar-refractivity contribution in [3.05, 3.63) is 0 Å². The van der Waals surface area contributed by atoms with Crippen LogP contribution in [0.15, 0.2) is 0 Å². The van der Waals surface area contributed by atoms with E-state index in [1.54, 1.807) is 14.1 Å². The maximum Gasteiger partial charge on any atom is 0.0115 e. The van der Waals surface area contributed by atoms with E-state index in [0.717, 1.165) is 0 Å². The van der Waals surface area contributed by atoms with Crippen LogP contribution in [-0.4, -0.2) is 14.1 Å². The molecule has 0 aromatic heterocycles. The quantitative estimate of drug-likeness (QED) is 0.301. The van der Waals surface area contributed by atoms with Gasteiger partial charge in [0.2, 0.25) is 0 Å². The molecule has 0 unspecified atom stereocenters. The molecule has 0 atom stereocenters. The molecule has 0 aliphatic rings. The fraction of sp³-hybridized carbons (Fsp3) is 1.00. The molecule has 0 amide bonds. The summed E-state index contributed by atoms with van der Waals surface area (Å²) in [7, 11) is 3.36. The minimum atomic E-state index is 1.66. The highest BCUT2D eigenvalue weighted by Gasteiger charge is 1.65. The number of hydrogen-bond donors (Lipinski definition) is 3. The first kappa shape index (κ1) is 5.84. The summed E-state index contributed by atoms with van der Waals surface area (Å²) in [5, 5.41) is 0. The topological polar surface area (TPSA) is 45.3 Å². The van der Waals surface area contributed by atoms with E-state index in [-0.39, 0.29) is 0 Å². The van der Waals surface area contributed by atoms with E-state index in [2.05, 4.69) is 21.4 Å². The summed E-state index contributed by atoms with van der Waals surface area (Å²) < 4.78 is 0. The number of hydrazine groups is 1. The van der Waals surface area contributed by atoms with Gasteiger partial charge in [0.05, 0.1) is 0 Å². The standard InChI is InChI=1S/C2H9N3O/c1-3-5-6-4-2/h3-5H,1-2H3. The van der Waals surface area contributed by atoms with Gasteiger partial charge in [-0.15, -0.1) is 5.59 Å². The van der Waals surface area contributed by atoms with Gasteiger partial charge in [-0.3, -0.25) is 0 Å².